The van der Waals surface area contributed by atoms with Crippen molar-refractivity contribution < 1.29 is 0 Å². The minimum Gasteiger partial charge on any atom is -0.384 e. The van der Waals surface area contributed by atoms with Crippen molar-refractivity contribution in [3.05, 3.63) is 59.9 Å². The Hall–Kier alpha value is -2.36. The van der Waals surface area contributed by atoms with Crippen molar-refractivity contribution in [1.29, 1.82) is 5.41 Å². The highest BCUT2D eigenvalue weighted by Crippen LogP contribution is 2.17. The fourth-order valence-electron chi connectivity index (χ4n) is 1.95. The minimum atomic E-state index is 0.101. The molecule has 98 valence electrons. The Balaban J connectivity index is 2.15. The first-order valence-electron chi connectivity index (χ1n) is 6.29. The van der Waals surface area contributed by atoms with E-state index in [0.717, 1.165) is 24.3 Å². The number of anilines is 1. The van der Waals surface area contributed by atoms with Gasteiger partial charge in [-0.05, 0) is 48.9 Å². The SMILES string of the molecule is CCN(Cc1ccncc1)c1ccc(C(=N)N)cc1. The topological polar surface area (TPSA) is 66.0 Å². The van der Waals surface area contributed by atoms with Gasteiger partial charge in [0.2, 0.25) is 0 Å². The van der Waals surface area contributed by atoms with E-state index < -0.39 is 0 Å². The summed E-state index contributed by atoms with van der Waals surface area (Å²) in [5, 5.41) is 7.39. The van der Waals surface area contributed by atoms with E-state index in [-0.39, 0.29) is 5.84 Å². The van der Waals surface area contributed by atoms with Gasteiger partial charge in [-0.1, -0.05) is 0 Å². The van der Waals surface area contributed by atoms with Crippen LogP contribution >= 0.6 is 0 Å². The molecule has 2 aromatic rings. The van der Waals surface area contributed by atoms with Gasteiger partial charge >= 0.3 is 0 Å². The van der Waals surface area contributed by atoms with Crippen LogP contribution in [0.2, 0.25) is 0 Å². The molecule has 0 aliphatic rings. The number of benzene rings is 1. The number of hydrogen-bond donors (Lipinski definition) is 2. The lowest BCUT2D eigenvalue weighted by Crippen LogP contribution is -2.22. The Morgan fingerprint density at radius 3 is 2.32 bits per heavy atom. The molecule has 1 aromatic heterocycles. The number of aromatic nitrogens is 1. The maximum absolute atomic E-state index is 7.39. The van der Waals surface area contributed by atoms with Gasteiger partial charge in [-0.25, -0.2) is 0 Å². The molecule has 1 aromatic carbocycles. The molecule has 0 atom stereocenters. The van der Waals surface area contributed by atoms with Gasteiger partial charge < -0.3 is 10.6 Å². The van der Waals surface area contributed by atoms with Gasteiger partial charge in [0.15, 0.2) is 0 Å². The molecule has 1 heterocycles. The van der Waals surface area contributed by atoms with Crippen LogP contribution in [-0.2, 0) is 6.54 Å². The Morgan fingerprint density at radius 2 is 1.79 bits per heavy atom. The van der Waals surface area contributed by atoms with Crippen LogP contribution in [0.1, 0.15) is 18.1 Å². The minimum absolute atomic E-state index is 0.101. The van der Waals surface area contributed by atoms with Gasteiger partial charge in [-0.2, -0.15) is 0 Å². The van der Waals surface area contributed by atoms with Gasteiger partial charge in [0.05, 0.1) is 0 Å². The average Bonchev–Trinajstić information content (AvgIpc) is 2.46. The van der Waals surface area contributed by atoms with Crippen LogP contribution in [0.3, 0.4) is 0 Å². The van der Waals surface area contributed by atoms with Crippen LogP contribution < -0.4 is 10.6 Å². The lowest BCUT2D eigenvalue weighted by Gasteiger charge is -2.23. The first-order chi connectivity index (χ1) is 9.20. The van der Waals surface area contributed by atoms with E-state index in [4.69, 9.17) is 11.1 Å². The van der Waals surface area contributed by atoms with E-state index in [0.29, 0.717) is 0 Å². The molecular formula is C15H18N4. The number of nitrogen functional groups attached to an aromatic ring is 1. The number of nitrogens with zero attached hydrogens (tertiary/aromatic N) is 2. The zero-order valence-electron chi connectivity index (χ0n) is 11.0. The van der Waals surface area contributed by atoms with Crippen LogP contribution in [0.25, 0.3) is 0 Å². The van der Waals surface area contributed by atoms with E-state index >= 15 is 0 Å². The second kappa shape index (κ2) is 6.00. The van der Waals surface area contributed by atoms with Crippen molar-refractivity contribution in [1.82, 2.24) is 4.98 Å². The Morgan fingerprint density at radius 1 is 1.16 bits per heavy atom. The number of pyridine rings is 1. The largest absolute Gasteiger partial charge is 0.384 e. The molecule has 0 unspecified atom stereocenters. The zero-order chi connectivity index (χ0) is 13.7. The fourth-order valence-corrected chi connectivity index (χ4v) is 1.95. The maximum atomic E-state index is 7.39. The van der Waals surface area contributed by atoms with E-state index in [2.05, 4.69) is 16.8 Å². The van der Waals surface area contributed by atoms with Crippen molar-refractivity contribution in [3.8, 4) is 0 Å². The maximum Gasteiger partial charge on any atom is 0.122 e. The van der Waals surface area contributed by atoms with Crippen LogP contribution in [0.15, 0.2) is 48.8 Å². The number of amidine groups is 1. The molecule has 0 fully saturated rings. The van der Waals surface area contributed by atoms with E-state index in [1.54, 1.807) is 0 Å². The number of nitrogens with one attached hydrogen (secondary N) is 1. The summed E-state index contributed by atoms with van der Waals surface area (Å²) in [5.74, 6) is 0.101. The molecule has 0 spiro atoms. The summed E-state index contributed by atoms with van der Waals surface area (Å²) in [7, 11) is 0. The first kappa shape index (κ1) is 13.1. The third-order valence-corrected chi connectivity index (χ3v) is 3.05. The Kier molecular flexibility index (Phi) is 4.13. The number of rotatable bonds is 5. The van der Waals surface area contributed by atoms with Gasteiger partial charge in [0, 0.05) is 36.7 Å². The highest BCUT2D eigenvalue weighted by Gasteiger charge is 2.05. The van der Waals surface area contributed by atoms with E-state index in [1.165, 1.54) is 5.56 Å². The smallest absolute Gasteiger partial charge is 0.122 e. The molecule has 4 nitrogen and oxygen atoms in total. The number of nitrogens with two attached hydrogens (primary N) is 1. The van der Waals surface area contributed by atoms with Crippen LogP contribution in [-0.4, -0.2) is 17.4 Å². The summed E-state index contributed by atoms with van der Waals surface area (Å²) in [6, 6.07) is 11.8. The molecular weight excluding hydrogens is 236 g/mol. The third-order valence-electron chi connectivity index (χ3n) is 3.05. The fraction of sp³-hybridized carbons (Fsp3) is 0.200. The summed E-state index contributed by atoms with van der Waals surface area (Å²) in [5.41, 5.74) is 8.57. The number of hydrogen-bond acceptors (Lipinski definition) is 3. The molecule has 0 aliphatic carbocycles. The molecule has 0 saturated carbocycles. The summed E-state index contributed by atoms with van der Waals surface area (Å²) >= 11 is 0. The average molecular weight is 254 g/mol. The predicted molar refractivity (Wildman–Crippen MR) is 78.4 cm³/mol. The molecule has 0 bridgehead atoms. The lowest BCUT2D eigenvalue weighted by molar-refractivity contribution is 0.830. The van der Waals surface area contributed by atoms with Crippen LogP contribution in [0.5, 0.6) is 0 Å². The summed E-state index contributed by atoms with van der Waals surface area (Å²) < 4.78 is 0. The van der Waals surface area contributed by atoms with Crippen molar-refractivity contribution in [2.45, 2.75) is 13.5 Å². The molecule has 19 heavy (non-hydrogen) atoms. The highest BCUT2D eigenvalue weighted by atomic mass is 15.1. The van der Waals surface area contributed by atoms with Crippen LogP contribution in [0, 0.1) is 5.41 Å². The zero-order valence-corrected chi connectivity index (χ0v) is 11.0. The molecule has 0 aliphatic heterocycles. The molecule has 4 heteroatoms. The second-order valence-electron chi connectivity index (χ2n) is 4.33. The predicted octanol–water partition coefficient (Wildman–Crippen LogP) is 2.39. The molecule has 0 saturated heterocycles. The second-order valence-corrected chi connectivity index (χ2v) is 4.33. The molecule has 2 rings (SSSR count). The summed E-state index contributed by atoms with van der Waals surface area (Å²) in [4.78, 5) is 6.29. The monoisotopic (exact) mass is 254 g/mol. The van der Waals surface area contributed by atoms with Crippen molar-refractivity contribution in [2.75, 3.05) is 11.4 Å². The third kappa shape index (κ3) is 3.31. The van der Waals surface area contributed by atoms with E-state index in [1.807, 2.05) is 48.8 Å². The van der Waals surface area contributed by atoms with Gasteiger partial charge in [0.25, 0.3) is 0 Å². The molecule has 0 radical (unpaired) electrons. The van der Waals surface area contributed by atoms with Crippen LogP contribution in [0.4, 0.5) is 5.69 Å². The van der Waals surface area contributed by atoms with E-state index in [9.17, 15) is 0 Å². The Bertz CT molecular complexity index is 534. The molecule has 3 N–H and O–H groups in total. The summed E-state index contributed by atoms with van der Waals surface area (Å²) in [6.45, 7) is 3.89. The first-order valence-corrected chi connectivity index (χ1v) is 6.29. The normalized spacial score (nSPS) is 10.2. The van der Waals surface area contributed by atoms with Gasteiger partial charge in [-0.15, -0.1) is 0 Å². The Labute approximate surface area is 113 Å². The van der Waals surface area contributed by atoms with Gasteiger partial charge in [0.1, 0.15) is 5.84 Å². The van der Waals surface area contributed by atoms with Crippen molar-refractivity contribution in [3.63, 3.8) is 0 Å². The van der Waals surface area contributed by atoms with Crippen molar-refractivity contribution >= 4 is 11.5 Å². The standard InChI is InChI=1S/C15H18N4/c1-2-19(11-12-7-9-18-10-8-12)14-5-3-13(4-6-14)15(16)17/h3-10H,2,11H2,1H3,(H3,16,17). The lowest BCUT2D eigenvalue weighted by atomic mass is 10.1. The van der Waals surface area contributed by atoms with Gasteiger partial charge in [-0.3, -0.25) is 10.4 Å². The summed E-state index contributed by atoms with van der Waals surface area (Å²) in [6.07, 6.45) is 3.62. The van der Waals surface area contributed by atoms with Crippen molar-refractivity contribution in [2.24, 2.45) is 5.73 Å². The highest BCUT2D eigenvalue weighted by molar-refractivity contribution is 5.95. The molecule has 0 amide bonds. The quantitative estimate of drug-likeness (QED) is 0.636.